The molecule has 0 spiro atoms. The van der Waals surface area contributed by atoms with Gasteiger partial charge in [0, 0.05) is 17.2 Å². The fraction of sp³-hybridized carbons (Fsp3) is 0.619. The van der Waals surface area contributed by atoms with Crippen molar-refractivity contribution in [3.63, 3.8) is 0 Å². The summed E-state index contributed by atoms with van der Waals surface area (Å²) >= 11 is 6.23. The molecule has 3 rings (SSSR count). The zero-order valence-corrected chi connectivity index (χ0v) is 17.2. The molecule has 0 saturated heterocycles. The van der Waals surface area contributed by atoms with Gasteiger partial charge in [0.15, 0.2) is 6.10 Å². The number of hydrogen-bond acceptors (Lipinski definition) is 6. The lowest BCUT2D eigenvalue weighted by Crippen LogP contribution is -2.31. The summed E-state index contributed by atoms with van der Waals surface area (Å²) in [4.78, 5) is 17.7. The van der Waals surface area contributed by atoms with Gasteiger partial charge in [0.2, 0.25) is 0 Å². The molecule has 1 aromatic carbocycles. The molecule has 1 heterocycles. The van der Waals surface area contributed by atoms with Crippen LogP contribution in [-0.4, -0.2) is 43.7 Å². The van der Waals surface area contributed by atoms with Gasteiger partial charge in [0.25, 0.3) is 0 Å². The van der Waals surface area contributed by atoms with E-state index in [1.807, 2.05) is 0 Å². The van der Waals surface area contributed by atoms with E-state index in [1.165, 1.54) is 0 Å². The summed E-state index contributed by atoms with van der Waals surface area (Å²) in [5, 5.41) is 4.72. The van der Waals surface area contributed by atoms with Crippen molar-refractivity contribution in [1.29, 1.82) is 0 Å². The summed E-state index contributed by atoms with van der Waals surface area (Å²) in [5.41, 5.74) is 1.33. The van der Waals surface area contributed by atoms with Crippen LogP contribution in [0, 0.1) is 5.92 Å². The lowest BCUT2D eigenvalue weighted by molar-refractivity contribution is -0.151. The molecule has 154 valence electrons. The van der Waals surface area contributed by atoms with Gasteiger partial charge in [-0.05, 0) is 43.9 Å². The zero-order chi connectivity index (χ0) is 19.9. The number of rotatable bonds is 11. The van der Waals surface area contributed by atoms with E-state index in [1.54, 1.807) is 25.1 Å². The molecule has 2 atom stereocenters. The Morgan fingerprint density at radius 1 is 1.36 bits per heavy atom. The number of benzene rings is 1. The molecule has 2 aliphatic rings. The van der Waals surface area contributed by atoms with Gasteiger partial charge in [0.1, 0.15) is 24.2 Å². The minimum atomic E-state index is -0.644. The third kappa shape index (κ3) is 5.61. The first-order valence-corrected chi connectivity index (χ1v) is 10.4. The molecule has 1 saturated carbocycles. The van der Waals surface area contributed by atoms with E-state index < -0.39 is 6.10 Å². The van der Waals surface area contributed by atoms with Crippen LogP contribution < -0.4 is 4.74 Å². The third-order valence-electron chi connectivity index (χ3n) is 4.79. The van der Waals surface area contributed by atoms with Crippen molar-refractivity contribution >= 4 is 23.3 Å². The van der Waals surface area contributed by atoms with Crippen LogP contribution in [0.5, 0.6) is 5.75 Å². The number of oxime groups is 1. The Bertz CT molecular complexity index is 704. The Morgan fingerprint density at radius 2 is 2.18 bits per heavy atom. The first-order valence-electron chi connectivity index (χ1n) is 10.1. The summed E-state index contributed by atoms with van der Waals surface area (Å²) in [7, 11) is 0. The van der Waals surface area contributed by atoms with Crippen molar-refractivity contribution in [3.8, 4) is 5.75 Å². The fourth-order valence-electron chi connectivity index (χ4n) is 3.07. The molecule has 0 amide bonds. The summed E-state index contributed by atoms with van der Waals surface area (Å²) < 4.78 is 17.3. The lowest BCUT2D eigenvalue weighted by atomic mass is 10.0. The summed E-state index contributed by atoms with van der Waals surface area (Å²) in [6, 6.07) is 5.28. The quantitative estimate of drug-likeness (QED) is 0.401. The van der Waals surface area contributed by atoms with Gasteiger partial charge in [-0.15, -0.1) is 0 Å². The second kappa shape index (κ2) is 10.1. The van der Waals surface area contributed by atoms with E-state index in [9.17, 15) is 4.79 Å². The van der Waals surface area contributed by atoms with Crippen LogP contribution in [0.25, 0.3) is 0 Å². The highest BCUT2D eigenvalue weighted by Gasteiger charge is 2.34. The van der Waals surface area contributed by atoms with Crippen LogP contribution in [0.15, 0.2) is 23.4 Å². The fourth-order valence-corrected chi connectivity index (χ4v) is 3.25. The van der Waals surface area contributed by atoms with E-state index in [2.05, 4.69) is 12.1 Å². The second-order valence-corrected chi connectivity index (χ2v) is 7.60. The number of unbranched alkanes of at least 4 members (excludes halogenated alkanes) is 1. The molecule has 1 unspecified atom stereocenters. The first-order chi connectivity index (χ1) is 13.6. The molecule has 0 N–H and O–H groups in total. The standard InChI is InChI=1S/C21H28ClNO5/c1-3-5-10-26-19-13-27-23-20(19)16-12-15(22)8-9-17(16)28-18(11-14-6-7-14)21(24)25-4-2/h8-9,12,14,18-19H,3-7,10-11,13H2,1-2H3/t18-,19?/m0/s1. The molecular weight excluding hydrogens is 382 g/mol. The minimum Gasteiger partial charge on any atom is -0.478 e. The Balaban J connectivity index is 1.80. The molecule has 7 heteroatoms. The normalized spacial score (nSPS) is 19.7. The van der Waals surface area contributed by atoms with E-state index in [4.69, 9.17) is 30.6 Å². The minimum absolute atomic E-state index is 0.281. The third-order valence-corrected chi connectivity index (χ3v) is 5.03. The molecule has 0 bridgehead atoms. The molecular formula is C21H28ClNO5. The van der Waals surface area contributed by atoms with E-state index in [-0.39, 0.29) is 12.1 Å². The highest BCUT2D eigenvalue weighted by Crippen LogP contribution is 2.36. The maximum atomic E-state index is 12.4. The highest BCUT2D eigenvalue weighted by atomic mass is 35.5. The number of carbonyl (C=O) groups excluding carboxylic acids is 1. The van der Waals surface area contributed by atoms with Crippen molar-refractivity contribution < 1.29 is 23.8 Å². The predicted molar refractivity (Wildman–Crippen MR) is 107 cm³/mol. The molecule has 1 aromatic rings. The molecule has 1 aliphatic carbocycles. The monoisotopic (exact) mass is 409 g/mol. The maximum Gasteiger partial charge on any atom is 0.347 e. The number of hydrogen-bond donors (Lipinski definition) is 0. The smallest absolute Gasteiger partial charge is 0.347 e. The van der Waals surface area contributed by atoms with Crippen molar-refractivity contribution in [1.82, 2.24) is 0 Å². The Kier molecular flexibility index (Phi) is 7.57. The van der Waals surface area contributed by atoms with Gasteiger partial charge in [0.05, 0.1) is 6.61 Å². The lowest BCUT2D eigenvalue weighted by Gasteiger charge is -2.21. The molecule has 1 aliphatic heterocycles. The molecule has 6 nitrogen and oxygen atoms in total. The number of nitrogens with zero attached hydrogens (tertiary/aromatic N) is 1. The van der Waals surface area contributed by atoms with Crippen LogP contribution in [0.4, 0.5) is 0 Å². The molecule has 0 radical (unpaired) electrons. The largest absolute Gasteiger partial charge is 0.478 e. The number of esters is 1. The maximum absolute atomic E-state index is 12.4. The van der Waals surface area contributed by atoms with E-state index in [0.29, 0.717) is 54.2 Å². The van der Waals surface area contributed by atoms with Gasteiger partial charge in [-0.1, -0.05) is 42.9 Å². The van der Waals surface area contributed by atoms with Gasteiger partial charge in [-0.2, -0.15) is 0 Å². The SMILES string of the molecule is CCCCOC1CON=C1c1cc(Cl)ccc1O[C@@H](CC1CC1)C(=O)OCC. The van der Waals surface area contributed by atoms with E-state index in [0.717, 1.165) is 25.7 Å². The Hall–Kier alpha value is -1.79. The van der Waals surface area contributed by atoms with Crippen LogP contribution >= 0.6 is 11.6 Å². The van der Waals surface area contributed by atoms with Crippen molar-refractivity contribution in [3.05, 3.63) is 28.8 Å². The summed E-state index contributed by atoms with van der Waals surface area (Å²) in [6.07, 6.45) is 4.00. The molecule has 28 heavy (non-hydrogen) atoms. The zero-order valence-electron chi connectivity index (χ0n) is 16.5. The van der Waals surface area contributed by atoms with E-state index >= 15 is 0 Å². The van der Waals surface area contributed by atoms with Crippen molar-refractivity contribution in [2.24, 2.45) is 11.1 Å². The Morgan fingerprint density at radius 3 is 2.89 bits per heavy atom. The average Bonchev–Trinajstić information content (AvgIpc) is 3.38. The topological polar surface area (TPSA) is 66.3 Å². The van der Waals surface area contributed by atoms with Crippen LogP contribution in [0.2, 0.25) is 5.02 Å². The van der Waals surface area contributed by atoms with Crippen LogP contribution in [0.3, 0.4) is 0 Å². The van der Waals surface area contributed by atoms with Gasteiger partial charge in [-0.3, -0.25) is 0 Å². The second-order valence-electron chi connectivity index (χ2n) is 7.16. The Labute approximate surface area is 171 Å². The van der Waals surface area contributed by atoms with Gasteiger partial charge < -0.3 is 19.0 Å². The van der Waals surface area contributed by atoms with Crippen molar-refractivity contribution in [2.45, 2.75) is 58.2 Å². The number of halogens is 1. The number of carbonyl (C=O) groups is 1. The van der Waals surface area contributed by atoms with Crippen LogP contribution in [-0.2, 0) is 19.1 Å². The summed E-state index contributed by atoms with van der Waals surface area (Å²) in [5.74, 6) is 0.717. The van der Waals surface area contributed by atoms with Gasteiger partial charge in [-0.25, -0.2) is 4.79 Å². The number of ether oxygens (including phenoxy) is 3. The molecule has 1 fully saturated rings. The molecule has 0 aromatic heterocycles. The average molecular weight is 410 g/mol. The highest BCUT2D eigenvalue weighted by molar-refractivity contribution is 6.31. The van der Waals surface area contributed by atoms with Crippen molar-refractivity contribution in [2.75, 3.05) is 19.8 Å². The predicted octanol–water partition coefficient (Wildman–Crippen LogP) is 4.37. The first kappa shape index (κ1) is 20.9. The summed E-state index contributed by atoms with van der Waals surface area (Å²) in [6.45, 7) is 5.22. The van der Waals surface area contributed by atoms with Crippen LogP contribution in [0.1, 0.15) is 51.5 Å². The van der Waals surface area contributed by atoms with Gasteiger partial charge >= 0.3 is 5.97 Å².